The van der Waals surface area contributed by atoms with E-state index in [1.165, 1.54) is 0 Å². The molecule has 132 valence electrons. The summed E-state index contributed by atoms with van der Waals surface area (Å²) in [7, 11) is 0. The van der Waals surface area contributed by atoms with Gasteiger partial charge >= 0.3 is 0 Å². The van der Waals surface area contributed by atoms with Crippen molar-refractivity contribution in [3.05, 3.63) is 48.0 Å². The molecule has 0 heterocycles. The van der Waals surface area contributed by atoms with Crippen molar-refractivity contribution in [2.45, 2.75) is 51.2 Å². The number of carbonyl (C=O) groups excluding carboxylic acids is 2. The van der Waals surface area contributed by atoms with Gasteiger partial charge < -0.3 is 10.4 Å². The summed E-state index contributed by atoms with van der Waals surface area (Å²) < 4.78 is 0. The molecule has 4 heteroatoms. The molecule has 1 fully saturated rings. The van der Waals surface area contributed by atoms with Crippen LogP contribution in [-0.4, -0.2) is 28.9 Å². The summed E-state index contributed by atoms with van der Waals surface area (Å²) in [5, 5.41) is 14.4. The highest BCUT2D eigenvalue weighted by Crippen LogP contribution is 2.31. The van der Waals surface area contributed by atoms with E-state index >= 15 is 0 Å². The van der Waals surface area contributed by atoms with Crippen molar-refractivity contribution in [1.82, 2.24) is 5.32 Å². The van der Waals surface area contributed by atoms with Crippen LogP contribution in [0, 0.1) is 5.92 Å². The van der Waals surface area contributed by atoms with Gasteiger partial charge in [0, 0.05) is 24.4 Å². The van der Waals surface area contributed by atoms with Crippen LogP contribution in [0.25, 0.3) is 10.8 Å². The number of aliphatic hydroxyl groups excluding tert-OH is 1. The molecule has 0 radical (unpaired) electrons. The summed E-state index contributed by atoms with van der Waals surface area (Å²) in [6.07, 6.45) is 2.56. The van der Waals surface area contributed by atoms with E-state index in [0.29, 0.717) is 11.5 Å². The highest BCUT2D eigenvalue weighted by molar-refractivity contribution is 6.08. The Balaban J connectivity index is 1.57. The van der Waals surface area contributed by atoms with E-state index in [2.05, 4.69) is 5.32 Å². The van der Waals surface area contributed by atoms with Gasteiger partial charge in [-0.2, -0.15) is 0 Å². The average Bonchev–Trinajstić information content (AvgIpc) is 2.61. The SMILES string of the molecule is CC[C@@H](NC(=O)CCC(=O)c1cccc2ccccc12)C1CC(O)C1. The lowest BCUT2D eigenvalue weighted by atomic mass is 9.76. The van der Waals surface area contributed by atoms with Crippen LogP contribution in [0.15, 0.2) is 42.5 Å². The number of fused-ring (bicyclic) bond motifs is 1. The van der Waals surface area contributed by atoms with E-state index in [-0.39, 0.29) is 36.7 Å². The zero-order chi connectivity index (χ0) is 17.8. The molecule has 0 saturated heterocycles. The minimum Gasteiger partial charge on any atom is -0.393 e. The Morgan fingerprint density at radius 3 is 2.56 bits per heavy atom. The Morgan fingerprint density at radius 1 is 1.12 bits per heavy atom. The number of amides is 1. The fraction of sp³-hybridized carbons (Fsp3) is 0.429. The molecule has 1 aliphatic rings. The lowest BCUT2D eigenvalue weighted by molar-refractivity contribution is -0.123. The number of ketones is 1. The minimum atomic E-state index is -0.219. The first kappa shape index (κ1) is 17.6. The summed E-state index contributed by atoms with van der Waals surface area (Å²) >= 11 is 0. The van der Waals surface area contributed by atoms with Gasteiger partial charge in [0.2, 0.25) is 5.91 Å². The summed E-state index contributed by atoms with van der Waals surface area (Å²) in [4.78, 5) is 24.8. The Kier molecular flexibility index (Phi) is 5.49. The average molecular weight is 339 g/mol. The van der Waals surface area contributed by atoms with Crippen molar-refractivity contribution < 1.29 is 14.7 Å². The topological polar surface area (TPSA) is 66.4 Å². The molecule has 0 aliphatic heterocycles. The first-order valence-electron chi connectivity index (χ1n) is 9.07. The quantitative estimate of drug-likeness (QED) is 0.759. The maximum atomic E-state index is 12.5. The lowest BCUT2D eigenvalue weighted by Gasteiger charge is -2.37. The van der Waals surface area contributed by atoms with Crippen LogP contribution in [0.5, 0.6) is 0 Å². The molecule has 4 nitrogen and oxygen atoms in total. The van der Waals surface area contributed by atoms with E-state index in [1.54, 1.807) is 0 Å². The van der Waals surface area contributed by atoms with Crippen LogP contribution in [-0.2, 0) is 4.79 Å². The number of nitrogens with one attached hydrogen (secondary N) is 1. The molecule has 0 aromatic heterocycles. The smallest absolute Gasteiger partial charge is 0.220 e. The van der Waals surface area contributed by atoms with Crippen molar-refractivity contribution in [3.8, 4) is 0 Å². The van der Waals surface area contributed by atoms with Crippen LogP contribution in [0.2, 0.25) is 0 Å². The van der Waals surface area contributed by atoms with Crippen molar-refractivity contribution in [3.63, 3.8) is 0 Å². The first-order chi connectivity index (χ1) is 12.1. The summed E-state index contributed by atoms with van der Waals surface area (Å²) in [5.74, 6) is 0.276. The molecule has 3 rings (SSSR count). The Labute approximate surface area is 148 Å². The number of hydrogen-bond donors (Lipinski definition) is 2. The summed E-state index contributed by atoms with van der Waals surface area (Å²) in [6, 6.07) is 13.6. The molecular formula is C21H25NO3. The molecule has 1 aliphatic carbocycles. The van der Waals surface area contributed by atoms with Gasteiger partial charge in [-0.25, -0.2) is 0 Å². The Bertz CT molecular complexity index is 759. The molecule has 1 amide bonds. The van der Waals surface area contributed by atoms with Gasteiger partial charge in [-0.15, -0.1) is 0 Å². The van der Waals surface area contributed by atoms with Crippen LogP contribution in [0.4, 0.5) is 0 Å². The first-order valence-corrected chi connectivity index (χ1v) is 9.07. The van der Waals surface area contributed by atoms with Crippen molar-refractivity contribution >= 4 is 22.5 Å². The van der Waals surface area contributed by atoms with Crippen LogP contribution >= 0.6 is 0 Å². The fourth-order valence-corrected chi connectivity index (χ4v) is 3.62. The van der Waals surface area contributed by atoms with E-state index in [9.17, 15) is 14.7 Å². The van der Waals surface area contributed by atoms with Crippen LogP contribution in [0.1, 0.15) is 49.4 Å². The van der Waals surface area contributed by atoms with E-state index < -0.39 is 0 Å². The predicted octanol–water partition coefficient (Wildman–Crippen LogP) is 3.47. The van der Waals surface area contributed by atoms with Crippen molar-refractivity contribution in [1.29, 1.82) is 0 Å². The molecule has 1 atom stereocenters. The number of aliphatic hydroxyl groups is 1. The number of benzene rings is 2. The predicted molar refractivity (Wildman–Crippen MR) is 98.5 cm³/mol. The molecule has 25 heavy (non-hydrogen) atoms. The number of Topliss-reactive ketones (excluding diaryl/α,β-unsaturated/α-hetero) is 1. The van der Waals surface area contributed by atoms with Crippen molar-refractivity contribution in [2.24, 2.45) is 5.92 Å². The summed E-state index contributed by atoms with van der Waals surface area (Å²) in [6.45, 7) is 2.04. The highest BCUT2D eigenvalue weighted by atomic mass is 16.3. The monoisotopic (exact) mass is 339 g/mol. The second-order valence-electron chi connectivity index (χ2n) is 6.92. The zero-order valence-corrected chi connectivity index (χ0v) is 14.6. The number of hydrogen-bond acceptors (Lipinski definition) is 3. The second-order valence-corrected chi connectivity index (χ2v) is 6.92. The number of rotatable bonds is 7. The van der Waals surface area contributed by atoms with Gasteiger partial charge in [-0.3, -0.25) is 9.59 Å². The molecule has 2 aromatic carbocycles. The van der Waals surface area contributed by atoms with Gasteiger partial charge in [-0.05, 0) is 36.0 Å². The highest BCUT2D eigenvalue weighted by Gasteiger charge is 2.33. The number of carbonyl (C=O) groups is 2. The molecule has 2 N–H and O–H groups in total. The van der Waals surface area contributed by atoms with Crippen molar-refractivity contribution in [2.75, 3.05) is 0 Å². The fourth-order valence-electron chi connectivity index (χ4n) is 3.62. The van der Waals surface area contributed by atoms with E-state index in [1.807, 2.05) is 49.4 Å². The third-order valence-corrected chi connectivity index (χ3v) is 5.17. The van der Waals surface area contributed by atoms with Gasteiger partial charge in [0.25, 0.3) is 0 Å². The van der Waals surface area contributed by atoms with Gasteiger partial charge in [0.1, 0.15) is 0 Å². The largest absolute Gasteiger partial charge is 0.393 e. The standard InChI is InChI=1S/C21H25NO3/c1-2-19(15-12-16(23)13-15)22-21(25)11-10-20(24)18-9-5-7-14-6-3-4-8-17(14)18/h3-9,15-16,19,23H,2,10-13H2,1H3,(H,22,25)/t15?,16?,19-/m1/s1. The Hall–Kier alpha value is -2.20. The van der Waals surface area contributed by atoms with Gasteiger partial charge in [0.15, 0.2) is 5.78 Å². The molecule has 0 unspecified atom stereocenters. The minimum absolute atomic E-state index is 0.000866. The van der Waals surface area contributed by atoms with Crippen LogP contribution in [0.3, 0.4) is 0 Å². The van der Waals surface area contributed by atoms with Gasteiger partial charge in [-0.1, -0.05) is 49.4 Å². The maximum Gasteiger partial charge on any atom is 0.220 e. The zero-order valence-electron chi connectivity index (χ0n) is 14.6. The molecule has 1 saturated carbocycles. The molecule has 0 spiro atoms. The molecule has 0 bridgehead atoms. The third-order valence-electron chi connectivity index (χ3n) is 5.17. The van der Waals surface area contributed by atoms with E-state index in [0.717, 1.165) is 30.0 Å². The third kappa shape index (κ3) is 4.07. The van der Waals surface area contributed by atoms with Crippen LogP contribution < -0.4 is 5.32 Å². The lowest BCUT2D eigenvalue weighted by Crippen LogP contribution is -2.46. The normalized spacial score (nSPS) is 20.7. The Morgan fingerprint density at radius 2 is 1.84 bits per heavy atom. The van der Waals surface area contributed by atoms with Gasteiger partial charge in [0.05, 0.1) is 6.10 Å². The molecule has 2 aromatic rings. The molecular weight excluding hydrogens is 314 g/mol. The van der Waals surface area contributed by atoms with E-state index in [4.69, 9.17) is 0 Å². The second kappa shape index (κ2) is 7.79. The summed E-state index contributed by atoms with van der Waals surface area (Å²) in [5.41, 5.74) is 0.681. The maximum absolute atomic E-state index is 12.5.